The highest BCUT2D eigenvalue weighted by molar-refractivity contribution is 7.54. The van der Waals surface area contributed by atoms with Gasteiger partial charge in [-0.25, -0.2) is 15.0 Å². The van der Waals surface area contributed by atoms with E-state index in [2.05, 4.69) is 48.0 Å². The molecule has 2 aromatic heterocycles. The van der Waals surface area contributed by atoms with Gasteiger partial charge in [-0.05, 0) is 70.8 Å². The van der Waals surface area contributed by atoms with Gasteiger partial charge in [0, 0.05) is 19.6 Å². The van der Waals surface area contributed by atoms with E-state index < -0.39 is 43.1 Å². The Balaban J connectivity index is 1.74. The Morgan fingerprint density at radius 3 is 2.28 bits per heavy atom. The second-order valence-electron chi connectivity index (χ2n) is 14.3. The Bertz CT molecular complexity index is 1330. The van der Waals surface area contributed by atoms with Crippen LogP contribution in [-0.4, -0.2) is 94.3 Å². The van der Waals surface area contributed by atoms with Crippen LogP contribution in [-0.2, 0) is 18.6 Å². The second-order valence-corrected chi connectivity index (χ2v) is 16.3. The molecule has 1 aliphatic heterocycles. The summed E-state index contributed by atoms with van der Waals surface area (Å²) >= 11 is 0. The van der Waals surface area contributed by atoms with Crippen molar-refractivity contribution in [2.75, 3.05) is 25.0 Å². The summed E-state index contributed by atoms with van der Waals surface area (Å²) in [6.45, 7) is 17.2. The molecular weight excluding hydrogens is 627 g/mol. The summed E-state index contributed by atoms with van der Waals surface area (Å²) in [6, 6.07) is 0. The lowest BCUT2D eigenvalue weighted by Crippen LogP contribution is -2.42. The lowest BCUT2D eigenvalue weighted by molar-refractivity contribution is -0.0761. The third-order valence-corrected chi connectivity index (χ3v) is 12.1. The van der Waals surface area contributed by atoms with Gasteiger partial charge in [0.05, 0.1) is 23.6 Å². The summed E-state index contributed by atoms with van der Waals surface area (Å²) in [7, 11) is -4.49. The first-order valence-electron chi connectivity index (χ1n) is 17.0. The van der Waals surface area contributed by atoms with E-state index in [1.165, 1.54) is 12.7 Å². The molecule has 1 saturated heterocycles. The van der Waals surface area contributed by atoms with Crippen LogP contribution in [0.3, 0.4) is 0 Å². The summed E-state index contributed by atoms with van der Waals surface area (Å²) in [5, 5.41) is 34.5. The van der Waals surface area contributed by atoms with E-state index in [1.807, 2.05) is 13.8 Å². The molecule has 3 rings (SSSR count). The molecule has 270 valence electrons. The lowest BCUT2D eigenvalue weighted by Gasteiger charge is -2.40. The Morgan fingerprint density at radius 2 is 1.68 bits per heavy atom. The first-order chi connectivity index (χ1) is 21.9. The first kappa shape index (κ1) is 39.7. The molecule has 0 aromatic carbocycles. The van der Waals surface area contributed by atoms with E-state index >= 15 is 0 Å². The SMILES string of the molecule is CCC(CC)(CC1O[C@@H](n2cnc3c(NCC(C)(C)CCOC(C)(C)CCCN)ncnc32)[C@H](O)C1O)OP(=O)(O)C(O)(CC)CC. The number of aromatic nitrogens is 4. The number of nitrogens with two attached hydrogens (primary N) is 1. The smallest absolute Gasteiger partial charge is 0.359 e. The zero-order valence-corrected chi connectivity index (χ0v) is 30.4. The number of aliphatic hydroxyl groups excluding tert-OH is 2. The number of aliphatic hydroxyl groups is 3. The minimum Gasteiger partial charge on any atom is -0.388 e. The van der Waals surface area contributed by atoms with Crippen molar-refractivity contribution < 1.29 is 38.8 Å². The molecule has 47 heavy (non-hydrogen) atoms. The van der Waals surface area contributed by atoms with Crippen LogP contribution < -0.4 is 11.1 Å². The van der Waals surface area contributed by atoms with Crippen LogP contribution in [0.1, 0.15) is 113 Å². The van der Waals surface area contributed by atoms with Gasteiger partial charge >= 0.3 is 7.60 Å². The number of anilines is 1. The summed E-state index contributed by atoms with van der Waals surface area (Å²) in [5.41, 5.74) is 5.00. The van der Waals surface area contributed by atoms with Crippen LogP contribution in [0, 0.1) is 5.41 Å². The van der Waals surface area contributed by atoms with Crippen molar-refractivity contribution >= 4 is 24.6 Å². The standard InChI is InChI=1S/C32H59N6O8P/c1-9-31(10-2,46-47(42,43)32(41,11-3)12-4)18-22-24(39)25(40)28(45-22)38-21-37-23-26(35-20-36-27(23)38)34-19-29(5,6)15-17-44-30(7,8)14-13-16-33/h20-22,24-25,28,39-41H,9-19,33H2,1-8H3,(H,42,43)(H,34,35,36)/t22?,24?,25-,28-/m1/s1. The quantitative estimate of drug-likeness (QED) is 0.106. The number of hydrogen-bond donors (Lipinski definition) is 6. The maximum Gasteiger partial charge on any atom is 0.359 e. The van der Waals surface area contributed by atoms with Gasteiger partial charge < -0.3 is 40.7 Å². The molecule has 3 heterocycles. The third kappa shape index (κ3) is 9.29. The third-order valence-electron chi connectivity index (χ3n) is 9.80. The lowest BCUT2D eigenvalue weighted by atomic mass is 9.88. The van der Waals surface area contributed by atoms with E-state index in [9.17, 15) is 24.8 Å². The van der Waals surface area contributed by atoms with Gasteiger partial charge in [-0.1, -0.05) is 41.5 Å². The van der Waals surface area contributed by atoms with Gasteiger partial charge in [0.2, 0.25) is 0 Å². The molecule has 5 atom stereocenters. The number of ether oxygens (including phenoxy) is 2. The number of nitrogens with one attached hydrogen (secondary N) is 1. The predicted octanol–water partition coefficient (Wildman–Crippen LogP) is 4.47. The highest BCUT2D eigenvalue weighted by Crippen LogP contribution is 2.61. The van der Waals surface area contributed by atoms with E-state index in [4.69, 9.17) is 19.7 Å². The van der Waals surface area contributed by atoms with Crippen molar-refractivity contribution in [1.82, 2.24) is 19.5 Å². The summed E-state index contributed by atoms with van der Waals surface area (Å²) < 4.78 is 33.1. The monoisotopic (exact) mass is 686 g/mol. The number of imidazole rings is 1. The van der Waals surface area contributed by atoms with Crippen molar-refractivity contribution in [3.63, 3.8) is 0 Å². The zero-order chi connectivity index (χ0) is 35.3. The second kappa shape index (κ2) is 15.9. The molecule has 1 fully saturated rings. The van der Waals surface area contributed by atoms with Crippen LogP contribution in [0.4, 0.5) is 5.82 Å². The molecule has 7 N–H and O–H groups in total. The summed E-state index contributed by atoms with van der Waals surface area (Å²) in [5.74, 6) is 0.526. The van der Waals surface area contributed by atoms with E-state index in [-0.39, 0.29) is 30.3 Å². The van der Waals surface area contributed by atoms with Gasteiger partial charge in [0.25, 0.3) is 0 Å². The molecule has 3 unspecified atom stereocenters. The van der Waals surface area contributed by atoms with Gasteiger partial charge in [-0.15, -0.1) is 0 Å². The summed E-state index contributed by atoms with van der Waals surface area (Å²) in [6.07, 6.45) is 1.62. The minimum absolute atomic E-state index is 0.0141. The predicted molar refractivity (Wildman–Crippen MR) is 181 cm³/mol. The van der Waals surface area contributed by atoms with Crippen LogP contribution in [0.5, 0.6) is 0 Å². The van der Waals surface area contributed by atoms with Crippen molar-refractivity contribution in [3.05, 3.63) is 12.7 Å². The molecule has 14 nitrogen and oxygen atoms in total. The number of hydrogen-bond acceptors (Lipinski definition) is 12. The maximum atomic E-state index is 13.3. The number of fused-ring (bicyclic) bond motifs is 1. The Kier molecular flexibility index (Phi) is 13.4. The van der Waals surface area contributed by atoms with Crippen LogP contribution in [0.2, 0.25) is 0 Å². The molecule has 1 aliphatic rings. The van der Waals surface area contributed by atoms with E-state index in [0.29, 0.717) is 49.5 Å². The van der Waals surface area contributed by atoms with Crippen LogP contribution in [0.25, 0.3) is 11.2 Å². The number of nitrogens with zero attached hydrogens (tertiary/aromatic N) is 4. The largest absolute Gasteiger partial charge is 0.388 e. The van der Waals surface area contributed by atoms with E-state index in [0.717, 1.165) is 19.3 Å². The number of rotatable bonds is 20. The molecule has 0 saturated carbocycles. The van der Waals surface area contributed by atoms with Crippen molar-refractivity contribution in [2.24, 2.45) is 11.1 Å². The molecular formula is C32H59N6O8P. The Morgan fingerprint density at radius 1 is 1.02 bits per heavy atom. The van der Waals surface area contributed by atoms with E-state index in [1.54, 1.807) is 18.4 Å². The fraction of sp³-hybridized carbons (Fsp3) is 0.844. The van der Waals surface area contributed by atoms with Crippen molar-refractivity contribution in [3.8, 4) is 0 Å². The van der Waals surface area contributed by atoms with Gasteiger partial charge in [-0.3, -0.25) is 13.7 Å². The fourth-order valence-electron chi connectivity index (χ4n) is 5.98. The molecule has 0 radical (unpaired) electrons. The first-order valence-corrected chi connectivity index (χ1v) is 18.5. The molecule has 0 aliphatic carbocycles. The average molecular weight is 687 g/mol. The van der Waals surface area contributed by atoms with Crippen LogP contribution >= 0.6 is 7.60 Å². The average Bonchev–Trinajstić information content (AvgIpc) is 3.58. The highest BCUT2D eigenvalue weighted by atomic mass is 31.2. The van der Waals surface area contributed by atoms with Gasteiger partial charge in [-0.2, -0.15) is 0 Å². The fourth-order valence-corrected chi connectivity index (χ4v) is 7.81. The van der Waals surface area contributed by atoms with Gasteiger partial charge in [0.1, 0.15) is 18.5 Å². The van der Waals surface area contributed by atoms with Gasteiger partial charge in [0.15, 0.2) is 28.6 Å². The minimum atomic E-state index is -4.49. The Hall–Kier alpha value is -1.74. The molecule has 2 aromatic rings. The highest BCUT2D eigenvalue weighted by Gasteiger charge is 2.52. The maximum absolute atomic E-state index is 13.3. The zero-order valence-electron chi connectivity index (χ0n) is 29.5. The molecule has 15 heteroatoms. The van der Waals surface area contributed by atoms with Crippen LogP contribution in [0.15, 0.2) is 12.7 Å². The Labute approximate surface area is 279 Å². The topological polar surface area (TPSA) is 207 Å². The molecule has 0 bridgehead atoms. The molecule has 0 amide bonds. The van der Waals surface area contributed by atoms with Crippen molar-refractivity contribution in [2.45, 2.75) is 148 Å². The normalized spacial score (nSPS) is 22.6. The molecule has 0 spiro atoms. The van der Waals surface area contributed by atoms with Crippen molar-refractivity contribution in [1.29, 1.82) is 0 Å². The summed E-state index contributed by atoms with van der Waals surface area (Å²) in [4.78, 5) is 24.2.